The predicted octanol–water partition coefficient (Wildman–Crippen LogP) is 2.66. The lowest BCUT2D eigenvalue weighted by atomic mass is 9.68. The normalized spacial score (nSPS) is 36.0. The Kier molecular flexibility index (Phi) is 4.83. The van der Waals surface area contributed by atoms with E-state index in [0.717, 1.165) is 57.7 Å². The number of hydrogen-bond acceptors (Lipinski definition) is 3. The van der Waals surface area contributed by atoms with Crippen LogP contribution in [0.15, 0.2) is 0 Å². The molecule has 1 heterocycles. The first-order chi connectivity index (χ1) is 9.17. The number of aliphatic hydroxyl groups excluding tert-OH is 1. The van der Waals surface area contributed by atoms with E-state index in [4.69, 9.17) is 0 Å². The van der Waals surface area contributed by atoms with Gasteiger partial charge in [-0.25, -0.2) is 0 Å². The van der Waals surface area contributed by atoms with Crippen LogP contribution in [0.25, 0.3) is 0 Å². The van der Waals surface area contributed by atoms with Crippen molar-refractivity contribution in [1.29, 1.82) is 0 Å². The van der Waals surface area contributed by atoms with Crippen molar-refractivity contribution in [2.45, 2.75) is 71.5 Å². The molecule has 0 bridgehead atoms. The molecule has 0 radical (unpaired) electrons. The summed E-state index contributed by atoms with van der Waals surface area (Å²) in [5.41, 5.74) is -0.125. The van der Waals surface area contributed by atoms with Crippen molar-refractivity contribution in [3.05, 3.63) is 0 Å². The molecule has 2 rings (SSSR count). The lowest BCUT2D eigenvalue weighted by Crippen LogP contribution is -2.47. The standard InChI is InChI=1S/C17H33NO2/c1-16(2,3)14-5-6-15(19)13(11-14)12-18-9-7-17(4,20)8-10-18/h13-15,19-20H,5-12H2,1-4H3. The van der Waals surface area contributed by atoms with Gasteiger partial charge >= 0.3 is 0 Å². The number of piperidine rings is 1. The summed E-state index contributed by atoms with van der Waals surface area (Å²) in [5.74, 6) is 1.14. The molecule has 0 spiro atoms. The van der Waals surface area contributed by atoms with E-state index in [2.05, 4.69) is 25.7 Å². The van der Waals surface area contributed by atoms with E-state index < -0.39 is 5.60 Å². The Morgan fingerprint density at radius 3 is 2.30 bits per heavy atom. The highest BCUT2D eigenvalue weighted by Gasteiger charge is 2.37. The summed E-state index contributed by atoms with van der Waals surface area (Å²) in [6.45, 7) is 11.9. The van der Waals surface area contributed by atoms with Gasteiger partial charge in [0, 0.05) is 19.6 Å². The zero-order valence-corrected chi connectivity index (χ0v) is 13.7. The van der Waals surface area contributed by atoms with Crippen LogP contribution >= 0.6 is 0 Å². The third kappa shape index (κ3) is 4.19. The SMILES string of the molecule is CC1(O)CCN(CC2CC(C(C)(C)C)CCC2O)CC1. The molecule has 1 saturated heterocycles. The molecule has 0 aromatic carbocycles. The number of rotatable bonds is 2. The van der Waals surface area contributed by atoms with Crippen molar-refractivity contribution < 1.29 is 10.2 Å². The molecule has 0 aromatic heterocycles. The van der Waals surface area contributed by atoms with Gasteiger partial charge in [0.1, 0.15) is 0 Å². The third-order valence-electron chi connectivity index (χ3n) is 5.59. The van der Waals surface area contributed by atoms with Crippen molar-refractivity contribution in [1.82, 2.24) is 4.90 Å². The van der Waals surface area contributed by atoms with Gasteiger partial charge in [-0.15, -0.1) is 0 Å². The van der Waals surface area contributed by atoms with Crippen LogP contribution in [-0.4, -0.2) is 46.5 Å². The molecule has 1 aliphatic carbocycles. The Morgan fingerprint density at radius 1 is 1.15 bits per heavy atom. The summed E-state index contributed by atoms with van der Waals surface area (Å²) in [7, 11) is 0. The molecule has 3 unspecified atom stereocenters. The minimum absolute atomic E-state index is 0.129. The van der Waals surface area contributed by atoms with Gasteiger partial charge in [0.15, 0.2) is 0 Å². The molecule has 1 saturated carbocycles. The van der Waals surface area contributed by atoms with E-state index in [0.29, 0.717) is 11.3 Å². The Bertz CT molecular complexity index is 311. The van der Waals surface area contributed by atoms with Crippen LogP contribution < -0.4 is 0 Å². The third-order valence-corrected chi connectivity index (χ3v) is 5.59. The van der Waals surface area contributed by atoms with Crippen LogP contribution in [-0.2, 0) is 0 Å². The highest BCUT2D eigenvalue weighted by molar-refractivity contribution is 4.89. The molecule has 0 aromatic rings. The largest absolute Gasteiger partial charge is 0.393 e. The number of hydrogen-bond donors (Lipinski definition) is 2. The summed E-state index contributed by atoms with van der Waals surface area (Å²) < 4.78 is 0. The zero-order chi connectivity index (χ0) is 15.0. The molecule has 2 N–H and O–H groups in total. The second-order valence-electron chi connectivity index (χ2n) is 8.50. The lowest BCUT2D eigenvalue weighted by molar-refractivity contribution is -0.0315. The van der Waals surface area contributed by atoms with E-state index in [1.54, 1.807) is 0 Å². The summed E-state index contributed by atoms with van der Waals surface area (Å²) in [5, 5.41) is 20.3. The second-order valence-corrected chi connectivity index (χ2v) is 8.50. The maximum atomic E-state index is 10.3. The number of likely N-dealkylation sites (tertiary alicyclic amines) is 1. The fourth-order valence-electron chi connectivity index (χ4n) is 3.78. The van der Waals surface area contributed by atoms with E-state index in [1.165, 1.54) is 0 Å². The van der Waals surface area contributed by atoms with Crippen LogP contribution in [0.4, 0.5) is 0 Å². The monoisotopic (exact) mass is 283 g/mol. The molecule has 1 aliphatic heterocycles. The van der Waals surface area contributed by atoms with E-state index in [9.17, 15) is 10.2 Å². The molecule has 2 fully saturated rings. The van der Waals surface area contributed by atoms with Crippen LogP contribution in [0, 0.1) is 17.3 Å². The van der Waals surface area contributed by atoms with Crippen molar-refractivity contribution in [2.75, 3.05) is 19.6 Å². The summed E-state index contributed by atoms with van der Waals surface area (Å²) >= 11 is 0. The molecule has 3 atom stereocenters. The topological polar surface area (TPSA) is 43.7 Å². The molecule has 3 heteroatoms. The fraction of sp³-hybridized carbons (Fsp3) is 1.00. The van der Waals surface area contributed by atoms with Crippen molar-refractivity contribution >= 4 is 0 Å². The molecular formula is C17H33NO2. The minimum atomic E-state index is -0.477. The zero-order valence-electron chi connectivity index (χ0n) is 13.7. The molecular weight excluding hydrogens is 250 g/mol. The Balaban J connectivity index is 1.88. The van der Waals surface area contributed by atoms with Crippen LogP contribution in [0.2, 0.25) is 0 Å². The van der Waals surface area contributed by atoms with Crippen LogP contribution in [0.5, 0.6) is 0 Å². The smallest absolute Gasteiger partial charge is 0.0644 e. The van der Waals surface area contributed by atoms with Crippen molar-refractivity contribution in [2.24, 2.45) is 17.3 Å². The van der Waals surface area contributed by atoms with Crippen LogP contribution in [0.1, 0.15) is 59.8 Å². The molecule has 118 valence electrons. The van der Waals surface area contributed by atoms with Gasteiger partial charge in [-0.05, 0) is 56.3 Å². The molecule has 2 aliphatic rings. The maximum Gasteiger partial charge on any atom is 0.0644 e. The van der Waals surface area contributed by atoms with Crippen LogP contribution in [0.3, 0.4) is 0 Å². The van der Waals surface area contributed by atoms with E-state index in [1.807, 2.05) is 6.92 Å². The van der Waals surface area contributed by atoms with Gasteiger partial charge in [-0.3, -0.25) is 0 Å². The maximum absolute atomic E-state index is 10.3. The molecule has 20 heavy (non-hydrogen) atoms. The second kappa shape index (κ2) is 5.94. The van der Waals surface area contributed by atoms with Crippen molar-refractivity contribution in [3.63, 3.8) is 0 Å². The summed E-state index contributed by atoms with van der Waals surface area (Å²) in [6, 6.07) is 0. The fourth-order valence-corrected chi connectivity index (χ4v) is 3.78. The van der Waals surface area contributed by atoms with Gasteiger partial charge in [0.2, 0.25) is 0 Å². The van der Waals surface area contributed by atoms with E-state index in [-0.39, 0.29) is 6.10 Å². The van der Waals surface area contributed by atoms with Gasteiger partial charge in [-0.2, -0.15) is 0 Å². The lowest BCUT2D eigenvalue weighted by Gasteiger charge is -2.43. The quantitative estimate of drug-likeness (QED) is 0.819. The number of aliphatic hydroxyl groups is 2. The highest BCUT2D eigenvalue weighted by atomic mass is 16.3. The summed E-state index contributed by atoms with van der Waals surface area (Å²) in [4.78, 5) is 2.44. The highest BCUT2D eigenvalue weighted by Crippen LogP contribution is 2.40. The average Bonchev–Trinajstić information content (AvgIpc) is 2.33. The number of nitrogens with zero attached hydrogens (tertiary/aromatic N) is 1. The first-order valence-corrected chi connectivity index (χ1v) is 8.30. The Labute approximate surface area is 124 Å². The minimum Gasteiger partial charge on any atom is -0.393 e. The van der Waals surface area contributed by atoms with E-state index >= 15 is 0 Å². The Morgan fingerprint density at radius 2 is 1.75 bits per heavy atom. The van der Waals surface area contributed by atoms with Gasteiger partial charge in [-0.1, -0.05) is 20.8 Å². The van der Waals surface area contributed by atoms with Crippen molar-refractivity contribution in [3.8, 4) is 0 Å². The summed E-state index contributed by atoms with van der Waals surface area (Å²) in [6.07, 6.45) is 4.86. The van der Waals surface area contributed by atoms with Gasteiger partial charge < -0.3 is 15.1 Å². The predicted molar refractivity (Wildman–Crippen MR) is 82.6 cm³/mol. The molecule has 0 amide bonds. The first kappa shape index (κ1) is 16.3. The van der Waals surface area contributed by atoms with Gasteiger partial charge in [0.25, 0.3) is 0 Å². The average molecular weight is 283 g/mol. The Hall–Kier alpha value is -0.120. The van der Waals surface area contributed by atoms with Gasteiger partial charge in [0.05, 0.1) is 11.7 Å². The molecule has 3 nitrogen and oxygen atoms in total. The first-order valence-electron chi connectivity index (χ1n) is 8.30.